The smallest absolute Gasteiger partial charge is 0.269 e. The van der Waals surface area contributed by atoms with Gasteiger partial charge >= 0.3 is 0 Å². The molecule has 4 aromatic carbocycles. The lowest BCUT2D eigenvalue weighted by atomic mass is 9.78. The molecule has 0 bridgehead atoms. The first-order valence-electron chi connectivity index (χ1n) is 19.7. The number of anilines is 1. The minimum Gasteiger partial charge on any atom is -0.382 e. The largest absolute Gasteiger partial charge is 0.382 e. The van der Waals surface area contributed by atoms with E-state index in [1.807, 2.05) is 0 Å². The van der Waals surface area contributed by atoms with Crippen molar-refractivity contribution in [1.82, 2.24) is 0 Å². The SMILES string of the molecule is CCCC1=C(/C=C/C2=C(Cl)C(=C/C=C3/N(CCS(=O)(=O)OC(C)COC)c4ccc5ccccc5c4C3(C)C)/CCC2)C(C)(C)c2c1ccc1ccccc21. The minimum atomic E-state index is -3.81. The number of fused-ring (bicyclic) bond motifs is 6. The van der Waals surface area contributed by atoms with Crippen molar-refractivity contribution < 1.29 is 17.3 Å². The molecule has 0 spiro atoms. The summed E-state index contributed by atoms with van der Waals surface area (Å²) in [6, 6.07) is 26.0. The Bertz CT molecular complexity index is 2410. The van der Waals surface area contributed by atoms with Crippen LogP contribution >= 0.6 is 11.6 Å². The fourth-order valence-electron chi connectivity index (χ4n) is 9.29. The summed E-state index contributed by atoms with van der Waals surface area (Å²) in [5, 5.41) is 5.75. The maximum atomic E-state index is 13.2. The van der Waals surface area contributed by atoms with Gasteiger partial charge < -0.3 is 9.64 Å². The van der Waals surface area contributed by atoms with Crippen LogP contribution in [0.15, 0.2) is 125 Å². The molecule has 288 valence electrons. The molecule has 2 aliphatic carbocycles. The highest BCUT2D eigenvalue weighted by Gasteiger charge is 2.42. The zero-order valence-corrected chi connectivity index (χ0v) is 34.9. The number of allylic oxidation sites excluding steroid dienone is 10. The van der Waals surface area contributed by atoms with E-state index in [2.05, 4.69) is 137 Å². The van der Waals surface area contributed by atoms with Crippen molar-refractivity contribution in [3.63, 3.8) is 0 Å². The van der Waals surface area contributed by atoms with E-state index in [1.54, 1.807) is 6.92 Å². The van der Waals surface area contributed by atoms with Crippen LogP contribution in [-0.4, -0.2) is 40.5 Å². The van der Waals surface area contributed by atoms with E-state index < -0.39 is 21.6 Å². The number of nitrogens with zero attached hydrogens (tertiary/aromatic N) is 1. The molecule has 3 aliphatic rings. The monoisotopic (exact) mass is 775 g/mol. The third kappa shape index (κ3) is 7.39. The second kappa shape index (κ2) is 15.5. The summed E-state index contributed by atoms with van der Waals surface area (Å²) in [4.78, 5) is 2.16. The first-order valence-corrected chi connectivity index (χ1v) is 21.7. The summed E-state index contributed by atoms with van der Waals surface area (Å²) < 4.78 is 36.9. The molecule has 0 radical (unpaired) electrons. The van der Waals surface area contributed by atoms with Gasteiger partial charge in [0.05, 0.1) is 18.5 Å². The highest BCUT2D eigenvalue weighted by atomic mass is 35.5. The predicted octanol–water partition coefficient (Wildman–Crippen LogP) is 12.1. The number of benzene rings is 4. The van der Waals surface area contributed by atoms with E-state index in [0.717, 1.165) is 65.1 Å². The molecule has 55 heavy (non-hydrogen) atoms. The Kier molecular flexibility index (Phi) is 11.1. The van der Waals surface area contributed by atoms with E-state index in [9.17, 15) is 8.42 Å². The molecule has 0 fully saturated rings. The quantitative estimate of drug-likeness (QED) is 0.134. The van der Waals surface area contributed by atoms with Crippen LogP contribution in [0.4, 0.5) is 5.69 Å². The number of ether oxygens (including phenoxy) is 1. The lowest BCUT2D eigenvalue weighted by Crippen LogP contribution is -2.32. The van der Waals surface area contributed by atoms with E-state index >= 15 is 0 Å². The van der Waals surface area contributed by atoms with Crippen molar-refractivity contribution in [2.45, 2.75) is 90.6 Å². The second-order valence-electron chi connectivity index (χ2n) is 16.3. The van der Waals surface area contributed by atoms with E-state index in [4.69, 9.17) is 20.5 Å². The van der Waals surface area contributed by atoms with Crippen molar-refractivity contribution in [3.05, 3.63) is 141 Å². The molecular weight excluding hydrogens is 722 g/mol. The molecule has 4 aromatic rings. The third-order valence-electron chi connectivity index (χ3n) is 11.8. The van der Waals surface area contributed by atoms with Crippen LogP contribution in [0.1, 0.15) is 90.3 Å². The lowest BCUT2D eigenvalue weighted by Gasteiger charge is -2.27. The van der Waals surface area contributed by atoms with Crippen LogP contribution in [0.25, 0.3) is 27.1 Å². The van der Waals surface area contributed by atoms with Gasteiger partial charge in [-0.15, -0.1) is 0 Å². The summed E-state index contributed by atoms with van der Waals surface area (Å²) in [6.45, 7) is 13.6. The van der Waals surface area contributed by atoms with Gasteiger partial charge in [-0.25, -0.2) is 0 Å². The molecule has 7 rings (SSSR count). The number of rotatable bonds is 12. The van der Waals surface area contributed by atoms with Crippen molar-refractivity contribution in [3.8, 4) is 0 Å². The van der Waals surface area contributed by atoms with E-state index in [0.29, 0.717) is 0 Å². The van der Waals surface area contributed by atoms with Crippen LogP contribution in [0, 0.1) is 0 Å². The van der Waals surface area contributed by atoms with Gasteiger partial charge in [-0.05, 0) is 105 Å². The Morgan fingerprint density at radius 2 is 1.53 bits per heavy atom. The highest BCUT2D eigenvalue weighted by molar-refractivity contribution is 7.86. The Labute approximate surface area is 333 Å². The summed E-state index contributed by atoms with van der Waals surface area (Å²) in [6.07, 6.45) is 13.3. The van der Waals surface area contributed by atoms with Crippen LogP contribution < -0.4 is 4.90 Å². The summed E-state index contributed by atoms with van der Waals surface area (Å²) in [5.74, 6) is -0.154. The van der Waals surface area contributed by atoms with Gasteiger partial charge in [0.1, 0.15) is 0 Å². The molecule has 0 amide bonds. The molecule has 1 unspecified atom stereocenters. The first kappa shape index (κ1) is 39.3. The van der Waals surface area contributed by atoms with Gasteiger partial charge in [-0.3, -0.25) is 4.18 Å². The lowest BCUT2D eigenvalue weighted by molar-refractivity contribution is 0.0963. The van der Waals surface area contributed by atoms with Gasteiger partial charge in [0.25, 0.3) is 10.1 Å². The topological polar surface area (TPSA) is 55.8 Å². The molecule has 0 saturated heterocycles. The average Bonchev–Trinajstić information content (AvgIpc) is 3.51. The molecule has 1 aliphatic heterocycles. The maximum absolute atomic E-state index is 13.2. The van der Waals surface area contributed by atoms with Crippen molar-refractivity contribution in [2.24, 2.45) is 0 Å². The summed E-state index contributed by atoms with van der Waals surface area (Å²) in [5.41, 5.74) is 10.6. The van der Waals surface area contributed by atoms with Crippen LogP contribution in [0.5, 0.6) is 0 Å². The van der Waals surface area contributed by atoms with E-state index in [1.165, 1.54) is 51.1 Å². The second-order valence-corrected chi connectivity index (χ2v) is 18.4. The molecule has 0 saturated carbocycles. The Balaban J connectivity index is 1.24. The fourth-order valence-corrected chi connectivity index (χ4v) is 10.7. The normalized spacial score (nSPS) is 20.1. The minimum absolute atomic E-state index is 0.140. The number of hydrogen-bond donors (Lipinski definition) is 0. The van der Waals surface area contributed by atoms with Crippen LogP contribution in [0.3, 0.4) is 0 Å². The Morgan fingerprint density at radius 1 is 0.855 bits per heavy atom. The summed E-state index contributed by atoms with van der Waals surface area (Å²) in [7, 11) is -2.27. The maximum Gasteiger partial charge on any atom is 0.269 e. The Hall–Kier alpha value is -3.94. The van der Waals surface area contributed by atoms with Crippen LogP contribution in [-0.2, 0) is 29.9 Å². The Morgan fingerprint density at radius 3 is 2.22 bits per heavy atom. The fraction of sp³-hybridized carbons (Fsp3) is 0.375. The van der Waals surface area contributed by atoms with Crippen molar-refractivity contribution in [2.75, 3.05) is 30.9 Å². The first-order chi connectivity index (χ1) is 26.3. The molecule has 0 N–H and O–H groups in total. The molecule has 7 heteroatoms. The molecule has 5 nitrogen and oxygen atoms in total. The molecule has 1 atom stereocenters. The molecule has 1 heterocycles. The summed E-state index contributed by atoms with van der Waals surface area (Å²) >= 11 is 7.32. The van der Waals surface area contributed by atoms with Crippen LogP contribution in [0.2, 0.25) is 0 Å². The number of methoxy groups -OCH3 is 1. The van der Waals surface area contributed by atoms with Gasteiger partial charge in [0, 0.05) is 40.9 Å². The standard InChI is InChI=1S/C48H54ClNO4S/c1-8-14-39-40-25-21-33-15-9-11-19-37(33)44(40)47(3,4)41(39)26-22-35-17-13-18-36(46(35)49)24-28-43-48(5,6)45-38-20-12-10-16-34(38)23-27-42(45)50(43)29-30-55(51,52)54-32(2)31-53-7/h9-12,15-16,19-28,32H,8,13-14,17-18,29-31H2,1-7H3/b26-22+,36-24+,43-28+. The molecule has 0 aromatic heterocycles. The number of hydrogen-bond acceptors (Lipinski definition) is 5. The molecular formula is C48H54ClNO4S. The van der Waals surface area contributed by atoms with Gasteiger partial charge in [-0.2, -0.15) is 8.42 Å². The number of halogens is 1. The predicted molar refractivity (Wildman–Crippen MR) is 231 cm³/mol. The highest BCUT2D eigenvalue weighted by Crippen LogP contribution is 2.52. The van der Waals surface area contributed by atoms with Gasteiger partial charge in [0.15, 0.2) is 0 Å². The zero-order valence-electron chi connectivity index (χ0n) is 33.3. The van der Waals surface area contributed by atoms with Gasteiger partial charge in [-0.1, -0.05) is 138 Å². The third-order valence-corrected chi connectivity index (χ3v) is 13.5. The zero-order chi connectivity index (χ0) is 39.1. The van der Waals surface area contributed by atoms with Crippen molar-refractivity contribution in [1.29, 1.82) is 0 Å². The van der Waals surface area contributed by atoms with E-state index in [-0.39, 0.29) is 24.3 Å². The van der Waals surface area contributed by atoms with Gasteiger partial charge in [0.2, 0.25) is 0 Å². The average molecular weight is 776 g/mol. The van der Waals surface area contributed by atoms with Crippen molar-refractivity contribution >= 4 is 54.5 Å².